The molecule has 2 N–H and O–H groups in total. The summed E-state index contributed by atoms with van der Waals surface area (Å²) in [5.74, 6) is -0.0826. The Balaban J connectivity index is 1.59. The van der Waals surface area contributed by atoms with E-state index in [-0.39, 0.29) is 23.7 Å². The summed E-state index contributed by atoms with van der Waals surface area (Å²) < 4.78 is 5.77. The highest BCUT2D eigenvalue weighted by Crippen LogP contribution is 2.30. The molecule has 1 aromatic rings. The Morgan fingerprint density at radius 3 is 2.96 bits per heavy atom. The molecule has 128 valence electrons. The fourth-order valence-electron chi connectivity index (χ4n) is 3.83. The van der Waals surface area contributed by atoms with E-state index in [0.717, 1.165) is 30.8 Å². The molecule has 23 heavy (non-hydrogen) atoms. The van der Waals surface area contributed by atoms with Crippen molar-refractivity contribution in [2.75, 3.05) is 19.6 Å². The Kier molecular flexibility index (Phi) is 4.47. The van der Waals surface area contributed by atoms with Crippen LogP contribution >= 0.6 is 0 Å². The lowest BCUT2D eigenvalue weighted by Gasteiger charge is -2.31. The molecule has 1 saturated heterocycles. The van der Waals surface area contributed by atoms with Crippen LogP contribution in [0.4, 0.5) is 0 Å². The number of carbonyl (C=O) groups is 1. The number of aromatic nitrogens is 2. The van der Waals surface area contributed by atoms with Gasteiger partial charge in [-0.1, -0.05) is 0 Å². The van der Waals surface area contributed by atoms with Crippen LogP contribution in [0.5, 0.6) is 0 Å². The Morgan fingerprint density at radius 2 is 2.26 bits per heavy atom. The lowest BCUT2D eigenvalue weighted by Crippen LogP contribution is -2.43. The SMILES string of the molecule is C[C@@H]1Cc2c(C(=O)NCCN3CCCC3(C)C)n[nH]c2[C@H](C)O1. The smallest absolute Gasteiger partial charge is 0.272 e. The average Bonchev–Trinajstić information content (AvgIpc) is 3.02. The van der Waals surface area contributed by atoms with Crippen molar-refractivity contribution in [3.63, 3.8) is 0 Å². The van der Waals surface area contributed by atoms with Gasteiger partial charge >= 0.3 is 0 Å². The number of hydrogen-bond donors (Lipinski definition) is 2. The van der Waals surface area contributed by atoms with Gasteiger partial charge in [0, 0.05) is 30.6 Å². The molecular weight excluding hydrogens is 292 g/mol. The molecule has 2 atom stereocenters. The molecule has 1 fully saturated rings. The van der Waals surface area contributed by atoms with E-state index in [1.807, 2.05) is 13.8 Å². The second kappa shape index (κ2) is 6.24. The van der Waals surface area contributed by atoms with Crippen LogP contribution in [0.1, 0.15) is 68.4 Å². The van der Waals surface area contributed by atoms with E-state index in [0.29, 0.717) is 12.2 Å². The topological polar surface area (TPSA) is 70.2 Å². The summed E-state index contributed by atoms with van der Waals surface area (Å²) in [5, 5.41) is 10.2. The summed E-state index contributed by atoms with van der Waals surface area (Å²) in [5.41, 5.74) is 2.73. The molecule has 0 aliphatic carbocycles. The van der Waals surface area contributed by atoms with Crippen molar-refractivity contribution in [2.45, 2.75) is 64.7 Å². The predicted octanol–water partition coefficient (Wildman–Crippen LogP) is 2.04. The maximum Gasteiger partial charge on any atom is 0.272 e. The second-order valence-corrected chi connectivity index (χ2v) is 7.42. The van der Waals surface area contributed by atoms with Crippen molar-refractivity contribution in [3.05, 3.63) is 17.0 Å². The van der Waals surface area contributed by atoms with Crippen LogP contribution < -0.4 is 5.32 Å². The predicted molar refractivity (Wildman–Crippen MR) is 88.5 cm³/mol. The molecule has 0 radical (unpaired) electrons. The first-order valence-corrected chi connectivity index (χ1v) is 8.64. The molecular formula is C17H28N4O2. The third-order valence-corrected chi connectivity index (χ3v) is 5.19. The number of carbonyl (C=O) groups excluding carboxylic acids is 1. The summed E-state index contributed by atoms with van der Waals surface area (Å²) in [4.78, 5) is 14.9. The average molecular weight is 320 g/mol. The van der Waals surface area contributed by atoms with E-state index in [2.05, 4.69) is 34.3 Å². The molecule has 1 aromatic heterocycles. The third kappa shape index (κ3) is 3.28. The highest BCUT2D eigenvalue weighted by atomic mass is 16.5. The Bertz CT molecular complexity index is 581. The zero-order valence-electron chi connectivity index (χ0n) is 14.6. The molecule has 0 unspecified atom stereocenters. The van der Waals surface area contributed by atoms with Gasteiger partial charge in [0.1, 0.15) is 0 Å². The number of fused-ring (bicyclic) bond motifs is 1. The standard InChI is InChI=1S/C17H28N4O2/c1-11-10-13-14(12(2)23-11)19-20-15(13)16(22)18-7-9-21-8-5-6-17(21,3)4/h11-12H,5-10H2,1-4H3,(H,18,22)(H,19,20)/t11-,12+/m1/s1. The van der Waals surface area contributed by atoms with Crippen LogP contribution in [0.15, 0.2) is 0 Å². The van der Waals surface area contributed by atoms with Crippen molar-refractivity contribution in [1.82, 2.24) is 20.4 Å². The maximum absolute atomic E-state index is 12.5. The first-order chi connectivity index (χ1) is 10.9. The Labute approximate surface area is 138 Å². The van der Waals surface area contributed by atoms with Gasteiger partial charge in [-0.05, 0) is 47.1 Å². The molecule has 0 saturated carbocycles. The molecule has 3 heterocycles. The van der Waals surface area contributed by atoms with Gasteiger partial charge in [0.15, 0.2) is 5.69 Å². The fraction of sp³-hybridized carbons (Fsp3) is 0.765. The van der Waals surface area contributed by atoms with Crippen LogP contribution in [-0.2, 0) is 11.2 Å². The van der Waals surface area contributed by atoms with Crippen molar-refractivity contribution in [2.24, 2.45) is 0 Å². The summed E-state index contributed by atoms with van der Waals surface area (Å²) in [6, 6.07) is 0. The summed E-state index contributed by atoms with van der Waals surface area (Å²) >= 11 is 0. The summed E-state index contributed by atoms with van der Waals surface area (Å²) in [7, 11) is 0. The number of H-pyrrole nitrogens is 1. The fourth-order valence-corrected chi connectivity index (χ4v) is 3.83. The highest BCUT2D eigenvalue weighted by molar-refractivity contribution is 5.94. The summed E-state index contributed by atoms with van der Waals surface area (Å²) in [6.07, 6.45) is 3.28. The molecule has 6 nitrogen and oxygen atoms in total. The van der Waals surface area contributed by atoms with Gasteiger partial charge in [0.25, 0.3) is 5.91 Å². The maximum atomic E-state index is 12.5. The Hall–Kier alpha value is -1.40. The lowest BCUT2D eigenvalue weighted by atomic mass is 9.99. The third-order valence-electron chi connectivity index (χ3n) is 5.19. The largest absolute Gasteiger partial charge is 0.369 e. The van der Waals surface area contributed by atoms with E-state index in [1.54, 1.807) is 0 Å². The van der Waals surface area contributed by atoms with Gasteiger partial charge in [-0.3, -0.25) is 14.8 Å². The summed E-state index contributed by atoms with van der Waals surface area (Å²) in [6.45, 7) is 11.2. The molecule has 0 aromatic carbocycles. The van der Waals surface area contributed by atoms with E-state index in [4.69, 9.17) is 4.74 Å². The van der Waals surface area contributed by atoms with Gasteiger partial charge in [0.05, 0.1) is 17.9 Å². The number of nitrogens with one attached hydrogen (secondary N) is 2. The molecule has 0 spiro atoms. The first kappa shape index (κ1) is 16.5. The zero-order chi connectivity index (χ0) is 16.6. The van der Waals surface area contributed by atoms with Crippen molar-refractivity contribution in [1.29, 1.82) is 0 Å². The molecule has 6 heteroatoms. The number of hydrogen-bond acceptors (Lipinski definition) is 4. The number of likely N-dealkylation sites (tertiary alicyclic amines) is 1. The van der Waals surface area contributed by atoms with Gasteiger partial charge in [-0.15, -0.1) is 0 Å². The van der Waals surface area contributed by atoms with Crippen LogP contribution in [-0.4, -0.2) is 52.3 Å². The first-order valence-electron chi connectivity index (χ1n) is 8.64. The van der Waals surface area contributed by atoms with Gasteiger partial charge in [-0.25, -0.2) is 0 Å². The Morgan fingerprint density at radius 1 is 1.48 bits per heavy atom. The van der Waals surface area contributed by atoms with Gasteiger partial charge in [0.2, 0.25) is 0 Å². The van der Waals surface area contributed by atoms with Gasteiger partial charge < -0.3 is 10.1 Å². The van der Waals surface area contributed by atoms with Crippen molar-refractivity contribution < 1.29 is 9.53 Å². The van der Waals surface area contributed by atoms with Gasteiger partial charge in [-0.2, -0.15) is 5.10 Å². The van der Waals surface area contributed by atoms with E-state index in [9.17, 15) is 4.79 Å². The zero-order valence-corrected chi connectivity index (χ0v) is 14.6. The minimum Gasteiger partial charge on any atom is -0.369 e. The van der Waals surface area contributed by atoms with E-state index >= 15 is 0 Å². The molecule has 2 aliphatic rings. The van der Waals surface area contributed by atoms with Crippen molar-refractivity contribution in [3.8, 4) is 0 Å². The van der Waals surface area contributed by atoms with Crippen molar-refractivity contribution >= 4 is 5.91 Å². The monoisotopic (exact) mass is 320 g/mol. The van der Waals surface area contributed by atoms with E-state index < -0.39 is 0 Å². The van der Waals surface area contributed by atoms with Crippen LogP contribution in [0.2, 0.25) is 0 Å². The highest BCUT2D eigenvalue weighted by Gasteiger charge is 2.32. The van der Waals surface area contributed by atoms with Crippen LogP contribution in [0.25, 0.3) is 0 Å². The molecule has 2 aliphatic heterocycles. The number of nitrogens with zero attached hydrogens (tertiary/aromatic N) is 2. The lowest BCUT2D eigenvalue weighted by molar-refractivity contribution is -0.00697. The molecule has 1 amide bonds. The minimum absolute atomic E-state index is 0.0341. The molecule has 0 bridgehead atoms. The number of ether oxygens (including phenoxy) is 1. The number of rotatable bonds is 4. The normalized spacial score (nSPS) is 27.0. The molecule has 3 rings (SSSR count). The second-order valence-electron chi connectivity index (χ2n) is 7.42. The van der Waals surface area contributed by atoms with E-state index in [1.165, 1.54) is 12.8 Å². The number of amides is 1. The minimum atomic E-state index is -0.0826. The van der Waals surface area contributed by atoms with Crippen LogP contribution in [0.3, 0.4) is 0 Å². The quantitative estimate of drug-likeness (QED) is 0.890. The number of aromatic amines is 1. The van der Waals surface area contributed by atoms with Crippen LogP contribution in [0, 0.1) is 0 Å².